The lowest BCUT2D eigenvalue weighted by Gasteiger charge is -2.16. The zero-order valence-corrected chi connectivity index (χ0v) is 16.6. The number of rotatable bonds is 4. The van der Waals surface area contributed by atoms with Gasteiger partial charge in [-0.25, -0.2) is 13.1 Å². The molecule has 0 aromatic heterocycles. The van der Waals surface area contributed by atoms with Crippen LogP contribution in [0.3, 0.4) is 0 Å². The lowest BCUT2D eigenvalue weighted by atomic mass is 10.0. The van der Waals surface area contributed by atoms with Crippen LogP contribution in [-0.2, 0) is 27.4 Å². The van der Waals surface area contributed by atoms with Crippen LogP contribution in [0.25, 0.3) is 5.57 Å². The van der Waals surface area contributed by atoms with Crippen LogP contribution in [0, 0.1) is 0 Å². The van der Waals surface area contributed by atoms with Crippen molar-refractivity contribution in [1.29, 1.82) is 0 Å². The number of hydrogen-bond acceptors (Lipinski definition) is 3. The van der Waals surface area contributed by atoms with E-state index in [-0.39, 0.29) is 10.8 Å². The molecule has 0 fully saturated rings. The fourth-order valence-corrected chi connectivity index (χ4v) is 3.94. The summed E-state index contributed by atoms with van der Waals surface area (Å²) in [6.45, 7) is 2.05. The van der Waals surface area contributed by atoms with Gasteiger partial charge in [0.1, 0.15) is 0 Å². The SMILES string of the molecule is CNS(=O)(=O)c1ccc2c(c1)CCN2C(=O)/C=C(/C)c1ccc(C(F)(F)F)cc1. The van der Waals surface area contributed by atoms with Crippen LogP contribution >= 0.6 is 0 Å². The molecule has 1 N–H and O–H groups in total. The quantitative estimate of drug-likeness (QED) is 0.763. The first kappa shape index (κ1) is 21.1. The molecule has 0 spiro atoms. The number of allylic oxidation sites excluding steroid dienone is 1. The number of amides is 1. The zero-order valence-electron chi connectivity index (χ0n) is 15.7. The Hall–Kier alpha value is -2.65. The van der Waals surface area contributed by atoms with Gasteiger partial charge in [0.15, 0.2) is 0 Å². The van der Waals surface area contributed by atoms with E-state index in [0.29, 0.717) is 29.8 Å². The summed E-state index contributed by atoms with van der Waals surface area (Å²) in [5, 5.41) is 0. The highest BCUT2D eigenvalue weighted by atomic mass is 32.2. The zero-order chi connectivity index (χ0) is 21.4. The van der Waals surface area contributed by atoms with E-state index < -0.39 is 21.8 Å². The third-order valence-electron chi connectivity index (χ3n) is 4.80. The summed E-state index contributed by atoms with van der Waals surface area (Å²) in [6, 6.07) is 9.18. The topological polar surface area (TPSA) is 66.5 Å². The number of sulfonamides is 1. The normalized spacial score (nSPS) is 14.8. The number of anilines is 1. The highest BCUT2D eigenvalue weighted by molar-refractivity contribution is 7.89. The van der Waals surface area contributed by atoms with E-state index in [9.17, 15) is 26.4 Å². The number of hydrogen-bond donors (Lipinski definition) is 1. The standard InChI is InChI=1S/C20H19F3N2O3S/c1-13(14-3-5-16(6-4-14)20(21,22)23)11-19(26)25-10-9-15-12-17(7-8-18(15)25)29(27,28)24-2/h3-8,11-12,24H,9-10H2,1-2H3/b13-11-. The van der Waals surface area contributed by atoms with Crippen molar-refractivity contribution in [2.75, 3.05) is 18.5 Å². The van der Waals surface area contributed by atoms with Crippen molar-refractivity contribution < 1.29 is 26.4 Å². The van der Waals surface area contributed by atoms with Gasteiger partial charge in [0.2, 0.25) is 10.0 Å². The molecule has 0 saturated carbocycles. The van der Waals surface area contributed by atoms with Gasteiger partial charge in [0, 0.05) is 18.3 Å². The summed E-state index contributed by atoms with van der Waals surface area (Å²) in [5.74, 6) is -0.314. The number of nitrogens with one attached hydrogen (secondary N) is 1. The van der Waals surface area contributed by atoms with E-state index in [2.05, 4.69) is 4.72 Å². The molecule has 29 heavy (non-hydrogen) atoms. The molecule has 5 nitrogen and oxygen atoms in total. The van der Waals surface area contributed by atoms with Crippen molar-refractivity contribution in [3.05, 3.63) is 65.2 Å². The highest BCUT2D eigenvalue weighted by Crippen LogP contribution is 2.32. The molecule has 2 aromatic carbocycles. The predicted octanol–water partition coefficient (Wildman–Crippen LogP) is 3.61. The lowest BCUT2D eigenvalue weighted by molar-refractivity contribution is -0.137. The minimum atomic E-state index is -4.41. The van der Waals surface area contributed by atoms with Crippen LogP contribution < -0.4 is 9.62 Å². The average Bonchev–Trinajstić information content (AvgIpc) is 3.10. The van der Waals surface area contributed by atoms with Crippen molar-refractivity contribution >= 4 is 27.2 Å². The van der Waals surface area contributed by atoms with Crippen molar-refractivity contribution in [3.8, 4) is 0 Å². The van der Waals surface area contributed by atoms with Gasteiger partial charge in [-0.15, -0.1) is 0 Å². The Kier molecular flexibility index (Phi) is 5.55. The molecule has 0 radical (unpaired) electrons. The fourth-order valence-electron chi connectivity index (χ4n) is 3.16. The number of fused-ring (bicyclic) bond motifs is 1. The van der Waals surface area contributed by atoms with Gasteiger partial charge in [0.25, 0.3) is 5.91 Å². The molecular weight excluding hydrogens is 405 g/mol. The number of halogens is 3. The van der Waals surface area contributed by atoms with Crippen LogP contribution in [0.1, 0.15) is 23.6 Å². The molecule has 1 aliphatic heterocycles. The molecule has 0 saturated heterocycles. The van der Waals surface area contributed by atoms with Gasteiger partial charge >= 0.3 is 6.18 Å². The molecular formula is C20H19F3N2O3S. The van der Waals surface area contributed by atoms with Crippen LogP contribution in [-0.4, -0.2) is 27.9 Å². The summed E-state index contributed by atoms with van der Waals surface area (Å²) >= 11 is 0. The van der Waals surface area contributed by atoms with Gasteiger partial charge in [-0.05, 0) is 67.4 Å². The number of carbonyl (C=O) groups is 1. The van der Waals surface area contributed by atoms with E-state index in [1.165, 1.54) is 36.2 Å². The summed E-state index contributed by atoms with van der Waals surface area (Å²) in [7, 11) is -2.25. The van der Waals surface area contributed by atoms with Crippen molar-refractivity contribution in [2.24, 2.45) is 0 Å². The van der Waals surface area contributed by atoms with E-state index >= 15 is 0 Å². The summed E-state index contributed by atoms with van der Waals surface area (Å²) < 4.78 is 64.2. The molecule has 1 aliphatic rings. The number of benzene rings is 2. The minimum absolute atomic E-state index is 0.129. The summed E-state index contributed by atoms with van der Waals surface area (Å²) in [6.07, 6.45) is -2.53. The molecule has 0 aliphatic carbocycles. The van der Waals surface area contributed by atoms with Gasteiger partial charge < -0.3 is 4.90 Å². The molecule has 154 valence electrons. The third kappa shape index (κ3) is 4.35. The second-order valence-corrected chi connectivity index (χ2v) is 8.53. The van der Waals surface area contributed by atoms with Gasteiger partial charge in [-0.2, -0.15) is 13.2 Å². The van der Waals surface area contributed by atoms with Crippen molar-refractivity contribution in [3.63, 3.8) is 0 Å². The van der Waals surface area contributed by atoms with Crippen LogP contribution in [0.4, 0.5) is 18.9 Å². The summed E-state index contributed by atoms with van der Waals surface area (Å²) in [4.78, 5) is 14.4. The molecule has 0 bridgehead atoms. The van der Waals surface area contributed by atoms with Crippen LogP contribution in [0.2, 0.25) is 0 Å². The maximum atomic E-state index is 12.7. The average molecular weight is 424 g/mol. The Morgan fingerprint density at radius 1 is 1.14 bits per heavy atom. The van der Waals surface area contributed by atoms with E-state index in [1.54, 1.807) is 19.1 Å². The fraction of sp³-hybridized carbons (Fsp3) is 0.250. The van der Waals surface area contributed by atoms with Crippen molar-refractivity contribution in [2.45, 2.75) is 24.4 Å². The van der Waals surface area contributed by atoms with Gasteiger partial charge in [-0.1, -0.05) is 12.1 Å². The largest absolute Gasteiger partial charge is 0.416 e. The summed E-state index contributed by atoms with van der Waals surface area (Å²) in [5.41, 5.74) is 1.67. The van der Waals surface area contributed by atoms with Gasteiger partial charge in [0.05, 0.1) is 10.5 Å². The molecule has 1 amide bonds. The Balaban J connectivity index is 1.82. The molecule has 9 heteroatoms. The maximum absolute atomic E-state index is 12.7. The van der Waals surface area contributed by atoms with E-state index in [4.69, 9.17) is 0 Å². The number of carbonyl (C=O) groups excluding carboxylic acids is 1. The Labute approximate surface area is 166 Å². The Morgan fingerprint density at radius 3 is 2.38 bits per heavy atom. The molecule has 1 heterocycles. The van der Waals surface area contributed by atoms with Crippen molar-refractivity contribution in [1.82, 2.24) is 4.72 Å². The molecule has 2 aromatic rings. The Morgan fingerprint density at radius 2 is 1.79 bits per heavy atom. The second-order valence-electron chi connectivity index (χ2n) is 6.64. The highest BCUT2D eigenvalue weighted by Gasteiger charge is 2.30. The second kappa shape index (κ2) is 7.64. The molecule has 0 atom stereocenters. The van der Waals surface area contributed by atoms with E-state index in [0.717, 1.165) is 17.7 Å². The van der Waals surface area contributed by atoms with Crippen LogP contribution in [0.5, 0.6) is 0 Å². The predicted molar refractivity (Wildman–Crippen MR) is 104 cm³/mol. The Bertz CT molecular complexity index is 1080. The minimum Gasteiger partial charge on any atom is -0.308 e. The number of alkyl halides is 3. The first-order valence-electron chi connectivity index (χ1n) is 8.77. The first-order chi connectivity index (χ1) is 13.5. The first-order valence-corrected chi connectivity index (χ1v) is 10.2. The number of nitrogens with zero attached hydrogens (tertiary/aromatic N) is 1. The molecule has 3 rings (SSSR count). The lowest BCUT2D eigenvalue weighted by Crippen LogP contribution is -2.27. The van der Waals surface area contributed by atoms with Gasteiger partial charge in [-0.3, -0.25) is 4.79 Å². The monoisotopic (exact) mass is 424 g/mol. The maximum Gasteiger partial charge on any atom is 0.416 e. The third-order valence-corrected chi connectivity index (χ3v) is 6.21. The smallest absolute Gasteiger partial charge is 0.308 e. The van der Waals surface area contributed by atoms with E-state index in [1.807, 2.05) is 0 Å². The van der Waals surface area contributed by atoms with Crippen LogP contribution in [0.15, 0.2) is 53.4 Å². The molecule has 0 unspecified atom stereocenters.